The Bertz CT molecular complexity index is 1010. The Labute approximate surface area is 178 Å². The average molecular weight is 429 g/mol. The summed E-state index contributed by atoms with van der Waals surface area (Å²) in [6.07, 6.45) is 0.154. The molecule has 0 aromatic heterocycles. The Balaban J connectivity index is 1.63. The van der Waals surface area contributed by atoms with Crippen molar-refractivity contribution in [2.24, 2.45) is 5.10 Å². The van der Waals surface area contributed by atoms with Gasteiger partial charge in [0.05, 0.1) is 6.21 Å². The van der Waals surface area contributed by atoms with Gasteiger partial charge in [-0.05, 0) is 29.8 Å². The van der Waals surface area contributed by atoms with Crippen LogP contribution in [0.1, 0.15) is 22.8 Å². The number of hydrazone groups is 1. The van der Waals surface area contributed by atoms with Crippen molar-refractivity contribution in [3.05, 3.63) is 99.5 Å². The van der Waals surface area contributed by atoms with Crippen LogP contribution in [0.5, 0.6) is 5.75 Å². The SMILES string of the molecule is O=C(N/N=C\c1ccccc1OCc1ccc(Cl)cc1Cl)[C@H](O)c1ccccc1. The topological polar surface area (TPSA) is 70.9 Å². The van der Waals surface area contributed by atoms with E-state index in [1.54, 1.807) is 60.7 Å². The number of amides is 1. The molecule has 0 bridgehead atoms. The number of carbonyl (C=O) groups excluding carboxylic acids is 1. The number of carbonyl (C=O) groups is 1. The van der Waals surface area contributed by atoms with Crippen LogP contribution in [0.2, 0.25) is 10.0 Å². The number of aliphatic hydroxyl groups excluding tert-OH is 1. The molecule has 0 aliphatic heterocycles. The molecule has 0 unspecified atom stereocenters. The Morgan fingerprint density at radius 2 is 1.79 bits per heavy atom. The molecule has 0 spiro atoms. The number of para-hydroxylation sites is 1. The van der Waals surface area contributed by atoms with E-state index in [4.69, 9.17) is 27.9 Å². The second kappa shape index (κ2) is 10.1. The lowest BCUT2D eigenvalue weighted by Crippen LogP contribution is -2.25. The summed E-state index contributed by atoms with van der Waals surface area (Å²) >= 11 is 12.1. The van der Waals surface area contributed by atoms with Crippen molar-refractivity contribution in [3.8, 4) is 5.75 Å². The number of halogens is 2. The van der Waals surface area contributed by atoms with Crippen molar-refractivity contribution in [3.63, 3.8) is 0 Å². The molecule has 3 aromatic carbocycles. The van der Waals surface area contributed by atoms with Gasteiger partial charge >= 0.3 is 0 Å². The summed E-state index contributed by atoms with van der Waals surface area (Å²) < 4.78 is 5.84. The predicted octanol–water partition coefficient (Wildman–Crippen LogP) is 4.76. The zero-order valence-corrected chi connectivity index (χ0v) is 16.8. The fourth-order valence-electron chi connectivity index (χ4n) is 2.53. The van der Waals surface area contributed by atoms with Gasteiger partial charge < -0.3 is 9.84 Å². The Hall–Kier alpha value is -2.86. The molecule has 0 aliphatic rings. The Kier molecular flexibility index (Phi) is 7.25. The van der Waals surface area contributed by atoms with E-state index in [-0.39, 0.29) is 6.61 Å². The van der Waals surface area contributed by atoms with Crippen molar-refractivity contribution >= 4 is 35.3 Å². The summed E-state index contributed by atoms with van der Waals surface area (Å²) in [4.78, 5) is 12.1. The second-order valence-corrected chi connectivity index (χ2v) is 6.95. The molecule has 0 aliphatic carbocycles. The normalized spacial score (nSPS) is 12.0. The van der Waals surface area contributed by atoms with Crippen LogP contribution in [0, 0.1) is 0 Å². The summed E-state index contributed by atoms with van der Waals surface area (Å²) in [5, 5.41) is 15.1. The van der Waals surface area contributed by atoms with Crippen LogP contribution in [0.25, 0.3) is 0 Å². The van der Waals surface area contributed by atoms with Crippen LogP contribution >= 0.6 is 23.2 Å². The summed E-state index contributed by atoms with van der Waals surface area (Å²) in [6, 6.07) is 21.1. The zero-order valence-electron chi connectivity index (χ0n) is 15.3. The molecule has 1 amide bonds. The number of hydrogen-bond donors (Lipinski definition) is 2. The Morgan fingerprint density at radius 1 is 1.07 bits per heavy atom. The van der Waals surface area contributed by atoms with Gasteiger partial charge in [0, 0.05) is 21.2 Å². The van der Waals surface area contributed by atoms with Crippen LogP contribution in [-0.2, 0) is 11.4 Å². The third kappa shape index (κ3) is 5.81. The van der Waals surface area contributed by atoms with E-state index >= 15 is 0 Å². The van der Waals surface area contributed by atoms with Gasteiger partial charge in [0.15, 0.2) is 6.10 Å². The van der Waals surface area contributed by atoms with Gasteiger partial charge in [-0.1, -0.05) is 71.7 Å². The fraction of sp³-hybridized carbons (Fsp3) is 0.0909. The van der Waals surface area contributed by atoms with Gasteiger partial charge in [0.2, 0.25) is 0 Å². The molecule has 0 saturated heterocycles. The lowest BCUT2D eigenvalue weighted by molar-refractivity contribution is -0.129. The lowest BCUT2D eigenvalue weighted by Gasteiger charge is -2.11. The second-order valence-electron chi connectivity index (χ2n) is 6.11. The maximum Gasteiger partial charge on any atom is 0.273 e. The molecular weight excluding hydrogens is 411 g/mol. The maximum atomic E-state index is 12.1. The average Bonchev–Trinajstić information content (AvgIpc) is 2.74. The van der Waals surface area contributed by atoms with Gasteiger partial charge in [-0.25, -0.2) is 5.43 Å². The molecule has 2 N–H and O–H groups in total. The highest BCUT2D eigenvalue weighted by Gasteiger charge is 2.16. The molecule has 1 atom stereocenters. The minimum Gasteiger partial charge on any atom is -0.488 e. The first-order valence-corrected chi connectivity index (χ1v) is 9.52. The van der Waals surface area contributed by atoms with E-state index < -0.39 is 12.0 Å². The molecule has 0 radical (unpaired) electrons. The summed E-state index contributed by atoms with van der Waals surface area (Å²) in [5.74, 6) is -0.0566. The molecule has 3 rings (SSSR count). The van der Waals surface area contributed by atoms with Gasteiger partial charge in [-0.2, -0.15) is 5.10 Å². The van der Waals surface area contributed by atoms with Gasteiger partial charge in [-0.15, -0.1) is 0 Å². The minimum absolute atomic E-state index is 0.250. The van der Waals surface area contributed by atoms with Crippen molar-refractivity contribution in [1.29, 1.82) is 0 Å². The first-order chi connectivity index (χ1) is 14.0. The number of nitrogens with one attached hydrogen (secondary N) is 1. The van der Waals surface area contributed by atoms with Gasteiger partial charge in [0.25, 0.3) is 5.91 Å². The van der Waals surface area contributed by atoms with Crippen LogP contribution in [-0.4, -0.2) is 17.2 Å². The van der Waals surface area contributed by atoms with E-state index in [1.165, 1.54) is 6.21 Å². The van der Waals surface area contributed by atoms with Crippen molar-refractivity contribution in [2.75, 3.05) is 0 Å². The smallest absolute Gasteiger partial charge is 0.273 e. The number of aliphatic hydroxyl groups is 1. The highest BCUT2D eigenvalue weighted by atomic mass is 35.5. The van der Waals surface area contributed by atoms with E-state index in [1.807, 2.05) is 12.1 Å². The van der Waals surface area contributed by atoms with Crippen LogP contribution in [0.4, 0.5) is 0 Å². The highest BCUT2D eigenvalue weighted by molar-refractivity contribution is 6.35. The fourth-order valence-corrected chi connectivity index (χ4v) is 2.99. The van der Waals surface area contributed by atoms with E-state index in [0.717, 1.165) is 5.56 Å². The van der Waals surface area contributed by atoms with E-state index in [2.05, 4.69) is 10.5 Å². The molecule has 3 aromatic rings. The largest absolute Gasteiger partial charge is 0.488 e. The van der Waals surface area contributed by atoms with Gasteiger partial charge in [0.1, 0.15) is 12.4 Å². The molecule has 7 heteroatoms. The standard InChI is InChI=1S/C22H18Cl2N2O3/c23-18-11-10-17(19(24)12-18)14-29-20-9-5-4-8-16(20)13-25-26-22(28)21(27)15-6-2-1-3-7-15/h1-13,21,27H,14H2,(H,26,28)/b25-13-/t21-/m1/s1. The van der Waals surface area contributed by atoms with E-state index in [0.29, 0.717) is 26.9 Å². The van der Waals surface area contributed by atoms with E-state index in [9.17, 15) is 9.90 Å². The number of benzene rings is 3. The third-order valence-corrected chi connectivity index (χ3v) is 4.65. The summed E-state index contributed by atoms with van der Waals surface area (Å²) in [5.41, 5.74) is 4.28. The molecular formula is C22H18Cl2N2O3. The maximum absolute atomic E-state index is 12.1. The molecule has 148 valence electrons. The predicted molar refractivity (Wildman–Crippen MR) is 114 cm³/mol. The molecule has 29 heavy (non-hydrogen) atoms. The lowest BCUT2D eigenvalue weighted by atomic mass is 10.1. The number of hydrogen-bond acceptors (Lipinski definition) is 4. The minimum atomic E-state index is -1.30. The molecule has 0 fully saturated rings. The summed E-state index contributed by atoms with van der Waals surface area (Å²) in [6.45, 7) is 0.250. The zero-order chi connectivity index (χ0) is 20.6. The first kappa shape index (κ1) is 20.9. The summed E-state index contributed by atoms with van der Waals surface area (Å²) in [7, 11) is 0. The van der Waals surface area contributed by atoms with Gasteiger partial charge in [-0.3, -0.25) is 4.79 Å². The van der Waals surface area contributed by atoms with Crippen molar-refractivity contribution in [1.82, 2.24) is 5.43 Å². The number of ether oxygens (including phenoxy) is 1. The molecule has 0 heterocycles. The molecule has 5 nitrogen and oxygen atoms in total. The third-order valence-electron chi connectivity index (χ3n) is 4.06. The first-order valence-electron chi connectivity index (χ1n) is 8.76. The number of nitrogens with zero attached hydrogens (tertiary/aromatic N) is 1. The monoisotopic (exact) mass is 428 g/mol. The van der Waals surface area contributed by atoms with Crippen molar-refractivity contribution < 1.29 is 14.6 Å². The molecule has 0 saturated carbocycles. The van der Waals surface area contributed by atoms with Crippen LogP contribution in [0.15, 0.2) is 77.9 Å². The number of rotatable bonds is 7. The quantitative estimate of drug-likeness (QED) is 0.421. The van der Waals surface area contributed by atoms with Crippen LogP contribution < -0.4 is 10.2 Å². The van der Waals surface area contributed by atoms with Crippen molar-refractivity contribution in [2.45, 2.75) is 12.7 Å². The highest BCUT2D eigenvalue weighted by Crippen LogP contribution is 2.24. The van der Waals surface area contributed by atoms with Crippen LogP contribution in [0.3, 0.4) is 0 Å². The Morgan fingerprint density at radius 3 is 2.55 bits per heavy atom.